The van der Waals surface area contributed by atoms with Gasteiger partial charge in [0.15, 0.2) is 0 Å². The number of rotatable bonds is 4. The lowest BCUT2D eigenvalue weighted by atomic mass is 10.1. The molecule has 25 heavy (non-hydrogen) atoms. The summed E-state index contributed by atoms with van der Waals surface area (Å²) >= 11 is 0. The highest BCUT2D eigenvalue weighted by atomic mass is 32.2. The summed E-state index contributed by atoms with van der Waals surface area (Å²) in [5.41, 5.74) is 5.27. The number of anilines is 1. The molecule has 0 spiro atoms. The molecule has 0 saturated carbocycles. The Morgan fingerprint density at radius 1 is 0.720 bits per heavy atom. The normalized spacial score (nSPS) is 11.3. The van der Waals surface area contributed by atoms with Gasteiger partial charge < -0.3 is 0 Å². The maximum Gasteiger partial charge on any atom is 0.262 e. The van der Waals surface area contributed by atoms with E-state index in [1.54, 1.807) is 12.1 Å². The molecule has 3 nitrogen and oxygen atoms in total. The van der Waals surface area contributed by atoms with Crippen LogP contribution >= 0.6 is 0 Å². The zero-order valence-corrected chi connectivity index (χ0v) is 15.4. The molecule has 128 valence electrons. The van der Waals surface area contributed by atoms with Gasteiger partial charge in [-0.3, -0.25) is 4.72 Å². The lowest BCUT2D eigenvalue weighted by molar-refractivity contribution is 0.600. The zero-order valence-electron chi connectivity index (χ0n) is 14.6. The molecule has 0 unspecified atom stereocenters. The molecule has 0 atom stereocenters. The second-order valence-corrected chi connectivity index (χ2v) is 7.90. The van der Waals surface area contributed by atoms with Crippen LogP contribution in [0.2, 0.25) is 0 Å². The van der Waals surface area contributed by atoms with Crippen molar-refractivity contribution in [3.8, 4) is 11.1 Å². The molecule has 3 aromatic carbocycles. The predicted molar refractivity (Wildman–Crippen MR) is 103 cm³/mol. The van der Waals surface area contributed by atoms with Crippen LogP contribution in [0.25, 0.3) is 11.1 Å². The molecular formula is C21H21NO2S. The molecular weight excluding hydrogens is 330 g/mol. The van der Waals surface area contributed by atoms with Gasteiger partial charge in [0.2, 0.25) is 0 Å². The van der Waals surface area contributed by atoms with Gasteiger partial charge in [-0.2, -0.15) is 0 Å². The highest BCUT2D eigenvalue weighted by Gasteiger charge is 2.20. The summed E-state index contributed by atoms with van der Waals surface area (Å²) in [4.78, 5) is 0.352. The molecule has 0 aliphatic rings. The number of aryl methyl sites for hydroxylation is 3. The first-order valence-electron chi connectivity index (χ1n) is 8.13. The highest BCUT2D eigenvalue weighted by molar-refractivity contribution is 7.92. The van der Waals surface area contributed by atoms with Crippen molar-refractivity contribution in [2.24, 2.45) is 0 Å². The maximum atomic E-state index is 12.8. The largest absolute Gasteiger partial charge is 0.280 e. The third kappa shape index (κ3) is 3.74. The van der Waals surface area contributed by atoms with E-state index in [4.69, 9.17) is 0 Å². The molecule has 0 aromatic heterocycles. The first kappa shape index (κ1) is 17.2. The van der Waals surface area contributed by atoms with Crippen LogP contribution in [0.1, 0.15) is 16.7 Å². The monoisotopic (exact) mass is 351 g/mol. The predicted octanol–water partition coefficient (Wildman–Crippen LogP) is 5.08. The Hall–Kier alpha value is -2.59. The van der Waals surface area contributed by atoms with Crippen molar-refractivity contribution in [2.45, 2.75) is 25.7 Å². The second-order valence-electron chi connectivity index (χ2n) is 6.28. The fraction of sp³-hybridized carbons (Fsp3) is 0.143. The Labute approximate surface area is 149 Å². The van der Waals surface area contributed by atoms with Gasteiger partial charge in [0.25, 0.3) is 10.0 Å². The van der Waals surface area contributed by atoms with Gasteiger partial charge in [-0.25, -0.2) is 8.42 Å². The van der Waals surface area contributed by atoms with Crippen molar-refractivity contribution in [3.63, 3.8) is 0 Å². The van der Waals surface area contributed by atoms with Gasteiger partial charge in [-0.1, -0.05) is 60.2 Å². The Morgan fingerprint density at radius 2 is 1.24 bits per heavy atom. The Bertz CT molecular complexity index is 969. The standard InChI is InChI=1S/C21H21NO2S/c1-15-13-16(2)21(17(3)14-15)25(23,24)22-20-11-9-19(10-12-20)18-7-5-4-6-8-18/h4-14,22H,1-3H3. The Balaban J connectivity index is 1.89. The fourth-order valence-electron chi connectivity index (χ4n) is 3.16. The molecule has 0 aliphatic carbocycles. The SMILES string of the molecule is Cc1cc(C)c(S(=O)(=O)Nc2ccc(-c3ccccc3)cc2)c(C)c1. The molecule has 0 aliphatic heterocycles. The van der Waals surface area contributed by atoms with E-state index in [0.29, 0.717) is 10.6 Å². The number of hydrogen-bond donors (Lipinski definition) is 1. The molecule has 0 heterocycles. The molecule has 0 amide bonds. The van der Waals surface area contributed by atoms with Gasteiger partial charge >= 0.3 is 0 Å². The van der Waals surface area contributed by atoms with Crippen LogP contribution in [0.3, 0.4) is 0 Å². The van der Waals surface area contributed by atoms with Gasteiger partial charge in [0.05, 0.1) is 4.90 Å². The van der Waals surface area contributed by atoms with Crippen LogP contribution < -0.4 is 4.72 Å². The highest BCUT2D eigenvalue weighted by Crippen LogP contribution is 2.26. The number of sulfonamides is 1. The maximum absolute atomic E-state index is 12.8. The summed E-state index contributed by atoms with van der Waals surface area (Å²) < 4.78 is 28.3. The van der Waals surface area contributed by atoms with Gasteiger partial charge in [0.1, 0.15) is 0 Å². The number of nitrogens with one attached hydrogen (secondary N) is 1. The van der Waals surface area contributed by atoms with Gasteiger partial charge in [0, 0.05) is 5.69 Å². The molecule has 0 bridgehead atoms. The van der Waals surface area contributed by atoms with Crippen LogP contribution in [0.15, 0.2) is 71.6 Å². The van der Waals surface area contributed by atoms with E-state index in [1.165, 1.54) is 0 Å². The van der Waals surface area contributed by atoms with Crippen LogP contribution in [0.4, 0.5) is 5.69 Å². The third-order valence-electron chi connectivity index (χ3n) is 4.12. The van der Waals surface area contributed by atoms with E-state index < -0.39 is 10.0 Å². The minimum atomic E-state index is -3.62. The van der Waals surface area contributed by atoms with Crippen molar-refractivity contribution in [1.29, 1.82) is 0 Å². The topological polar surface area (TPSA) is 46.2 Å². The van der Waals surface area contributed by atoms with Crippen LogP contribution in [0, 0.1) is 20.8 Å². The van der Waals surface area contributed by atoms with Crippen molar-refractivity contribution in [1.82, 2.24) is 0 Å². The molecule has 0 saturated heterocycles. The molecule has 3 aromatic rings. The Kier molecular flexibility index (Phi) is 4.64. The third-order valence-corrected chi connectivity index (χ3v) is 5.80. The quantitative estimate of drug-likeness (QED) is 0.712. The van der Waals surface area contributed by atoms with Crippen molar-refractivity contribution in [2.75, 3.05) is 4.72 Å². The minimum Gasteiger partial charge on any atom is -0.280 e. The van der Waals surface area contributed by atoms with Crippen molar-refractivity contribution >= 4 is 15.7 Å². The van der Waals surface area contributed by atoms with Gasteiger partial charge in [-0.15, -0.1) is 0 Å². The lowest BCUT2D eigenvalue weighted by Crippen LogP contribution is -2.15. The van der Waals surface area contributed by atoms with E-state index >= 15 is 0 Å². The summed E-state index contributed by atoms with van der Waals surface area (Å²) in [6.07, 6.45) is 0. The first-order valence-corrected chi connectivity index (χ1v) is 9.61. The van der Waals surface area contributed by atoms with E-state index in [1.807, 2.05) is 75.4 Å². The van der Waals surface area contributed by atoms with Gasteiger partial charge in [-0.05, 0) is 55.2 Å². The summed E-state index contributed by atoms with van der Waals surface area (Å²) in [5, 5.41) is 0. The molecule has 4 heteroatoms. The molecule has 0 fully saturated rings. The van der Waals surface area contributed by atoms with Crippen molar-refractivity contribution < 1.29 is 8.42 Å². The van der Waals surface area contributed by atoms with Crippen LogP contribution in [-0.4, -0.2) is 8.42 Å². The number of hydrogen-bond acceptors (Lipinski definition) is 2. The second kappa shape index (κ2) is 6.73. The first-order chi connectivity index (χ1) is 11.9. The van der Waals surface area contributed by atoms with E-state index in [0.717, 1.165) is 27.8 Å². The van der Waals surface area contributed by atoms with E-state index in [9.17, 15) is 8.42 Å². The zero-order chi connectivity index (χ0) is 18.0. The summed E-state index contributed by atoms with van der Waals surface area (Å²) in [7, 11) is -3.62. The summed E-state index contributed by atoms with van der Waals surface area (Å²) in [5.74, 6) is 0. The summed E-state index contributed by atoms with van der Waals surface area (Å²) in [6.45, 7) is 5.62. The van der Waals surface area contributed by atoms with Crippen LogP contribution in [0.5, 0.6) is 0 Å². The molecule has 1 N–H and O–H groups in total. The van der Waals surface area contributed by atoms with Crippen molar-refractivity contribution in [3.05, 3.63) is 83.4 Å². The smallest absolute Gasteiger partial charge is 0.262 e. The van der Waals surface area contributed by atoms with E-state index in [-0.39, 0.29) is 0 Å². The minimum absolute atomic E-state index is 0.352. The van der Waals surface area contributed by atoms with E-state index in [2.05, 4.69) is 4.72 Å². The number of benzene rings is 3. The molecule has 3 rings (SSSR count). The average Bonchev–Trinajstić information content (AvgIpc) is 2.54. The average molecular weight is 351 g/mol. The van der Waals surface area contributed by atoms with Crippen LogP contribution in [-0.2, 0) is 10.0 Å². The fourth-order valence-corrected chi connectivity index (χ4v) is 4.67. The Morgan fingerprint density at radius 3 is 1.80 bits per heavy atom. The summed E-state index contributed by atoms with van der Waals surface area (Å²) in [6, 6.07) is 21.2. The molecule has 0 radical (unpaired) electrons. The lowest BCUT2D eigenvalue weighted by Gasteiger charge is -2.14.